The first-order valence-electron chi connectivity index (χ1n) is 11.1. The number of guanidine groups is 1. The number of aliphatic imine (C=N–C) groups is 1. The third kappa shape index (κ3) is 11.0. The molecule has 9 heteroatoms. The summed E-state index contributed by atoms with van der Waals surface area (Å²) in [5, 5.41) is 6.67. The van der Waals surface area contributed by atoms with Gasteiger partial charge in [0, 0.05) is 44.1 Å². The van der Waals surface area contributed by atoms with Gasteiger partial charge in [-0.15, -0.1) is 24.0 Å². The third-order valence-corrected chi connectivity index (χ3v) is 4.49. The smallest absolute Gasteiger partial charge is 0.218 e. The fourth-order valence-corrected chi connectivity index (χ4v) is 2.88. The summed E-state index contributed by atoms with van der Waals surface area (Å²) in [4.78, 5) is 9.02. The van der Waals surface area contributed by atoms with E-state index in [1.807, 2.05) is 32.0 Å². The molecule has 184 valence electrons. The van der Waals surface area contributed by atoms with Gasteiger partial charge in [-0.25, -0.2) is 9.98 Å². The Kier molecular flexibility index (Phi) is 15.2. The molecule has 2 rings (SSSR count). The minimum Gasteiger partial charge on any atom is -0.491 e. The topological polar surface area (TPSA) is 86.2 Å². The van der Waals surface area contributed by atoms with E-state index in [-0.39, 0.29) is 24.0 Å². The Morgan fingerprint density at radius 1 is 1.00 bits per heavy atom. The maximum Gasteiger partial charge on any atom is 0.218 e. The minimum absolute atomic E-state index is 0. The molecule has 0 bridgehead atoms. The number of benzene rings is 1. The molecular weight excluding hydrogens is 535 g/mol. The molecular formula is C24H37IN4O4. The molecule has 2 N–H and O–H groups in total. The Morgan fingerprint density at radius 2 is 1.82 bits per heavy atom. The highest BCUT2D eigenvalue weighted by molar-refractivity contribution is 14.0. The molecule has 0 spiro atoms. The van der Waals surface area contributed by atoms with Gasteiger partial charge in [0.1, 0.15) is 19.0 Å². The molecule has 8 nitrogen and oxygen atoms in total. The zero-order chi connectivity index (χ0) is 23.0. The molecule has 1 aromatic carbocycles. The van der Waals surface area contributed by atoms with Gasteiger partial charge in [0.2, 0.25) is 5.88 Å². The van der Waals surface area contributed by atoms with Crippen LogP contribution >= 0.6 is 24.0 Å². The first-order chi connectivity index (χ1) is 15.7. The summed E-state index contributed by atoms with van der Waals surface area (Å²) in [5.74, 6) is 2.14. The number of halogens is 1. The second kappa shape index (κ2) is 17.4. The van der Waals surface area contributed by atoms with Crippen molar-refractivity contribution < 1.29 is 18.9 Å². The summed E-state index contributed by atoms with van der Waals surface area (Å²) in [7, 11) is 1.64. The average molecular weight is 572 g/mol. The first kappa shape index (κ1) is 28.9. The van der Waals surface area contributed by atoms with Crippen molar-refractivity contribution in [2.45, 2.75) is 33.9 Å². The SMILES string of the molecule is CCNC(=NCc1cccnc1OCCOC)NCc1ccc(C)cc1OCCOCC.I. The number of ether oxygens (including phenoxy) is 4. The van der Waals surface area contributed by atoms with Gasteiger partial charge in [-0.05, 0) is 38.5 Å². The number of nitrogens with zero attached hydrogens (tertiary/aromatic N) is 2. The summed E-state index contributed by atoms with van der Waals surface area (Å²) in [5.41, 5.74) is 3.12. The van der Waals surface area contributed by atoms with Crippen molar-refractivity contribution in [3.63, 3.8) is 0 Å². The van der Waals surface area contributed by atoms with Crippen molar-refractivity contribution in [1.82, 2.24) is 15.6 Å². The lowest BCUT2D eigenvalue weighted by molar-refractivity contribution is 0.110. The summed E-state index contributed by atoms with van der Waals surface area (Å²) >= 11 is 0. The zero-order valence-corrected chi connectivity index (χ0v) is 22.4. The van der Waals surface area contributed by atoms with Crippen LogP contribution in [0.1, 0.15) is 30.5 Å². The summed E-state index contributed by atoms with van der Waals surface area (Å²) in [6, 6.07) is 10.0. The van der Waals surface area contributed by atoms with Gasteiger partial charge in [0.05, 0.1) is 19.8 Å². The predicted octanol–water partition coefficient (Wildman–Crippen LogP) is 3.70. The lowest BCUT2D eigenvalue weighted by Gasteiger charge is -2.16. The Balaban J connectivity index is 0.00000544. The van der Waals surface area contributed by atoms with E-state index in [9.17, 15) is 0 Å². The number of aryl methyl sites for hydroxylation is 1. The van der Waals surface area contributed by atoms with Crippen LogP contribution in [0.15, 0.2) is 41.5 Å². The Labute approximate surface area is 214 Å². The van der Waals surface area contributed by atoms with E-state index in [1.54, 1.807) is 13.3 Å². The number of hydrogen-bond acceptors (Lipinski definition) is 6. The van der Waals surface area contributed by atoms with Gasteiger partial charge in [0.25, 0.3) is 0 Å². The fourth-order valence-electron chi connectivity index (χ4n) is 2.88. The number of pyridine rings is 1. The number of methoxy groups -OCH3 is 1. The standard InChI is InChI=1S/C24H36N4O4.HI/c1-5-25-24(28-18-21-8-7-11-26-23(21)32-14-12-29-4)27-17-20-10-9-19(3)16-22(20)31-15-13-30-6-2;/h7-11,16H,5-6,12-15,17-18H2,1-4H3,(H2,25,27,28);1H. The van der Waals surface area contributed by atoms with Gasteiger partial charge in [-0.3, -0.25) is 0 Å². The molecule has 0 saturated carbocycles. The van der Waals surface area contributed by atoms with Gasteiger partial charge >= 0.3 is 0 Å². The molecule has 0 aliphatic rings. The summed E-state index contributed by atoms with van der Waals surface area (Å²) in [6.45, 7) is 10.6. The number of nitrogens with one attached hydrogen (secondary N) is 2. The molecule has 0 unspecified atom stereocenters. The van der Waals surface area contributed by atoms with Crippen molar-refractivity contribution in [3.05, 3.63) is 53.2 Å². The molecule has 0 radical (unpaired) electrons. The lowest BCUT2D eigenvalue weighted by atomic mass is 10.1. The van der Waals surface area contributed by atoms with Crippen LogP contribution in [0, 0.1) is 6.92 Å². The van der Waals surface area contributed by atoms with Crippen LogP contribution < -0.4 is 20.1 Å². The van der Waals surface area contributed by atoms with Crippen molar-refractivity contribution in [2.75, 3.05) is 46.7 Å². The lowest BCUT2D eigenvalue weighted by Crippen LogP contribution is -2.36. The third-order valence-electron chi connectivity index (χ3n) is 4.49. The highest BCUT2D eigenvalue weighted by atomic mass is 127. The normalized spacial score (nSPS) is 11.0. The summed E-state index contributed by atoms with van der Waals surface area (Å²) < 4.78 is 22.1. The number of aromatic nitrogens is 1. The van der Waals surface area contributed by atoms with Crippen molar-refractivity contribution in [2.24, 2.45) is 4.99 Å². The van der Waals surface area contributed by atoms with Crippen LogP contribution in [-0.2, 0) is 22.6 Å². The number of rotatable bonds is 14. The monoisotopic (exact) mass is 572 g/mol. The second-order valence-electron chi connectivity index (χ2n) is 7.01. The van der Waals surface area contributed by atoms with E-state index in [4.69, 9.17) is 23.9 Å². The average Bonchev–Trinajstić information content (AvgIpc) is 2.80. The largest absolute Gasteiger partial charge is 0.491 e. The maximum absolute atomic E-state index is 5.94. The van der Waals surface area contributed by atoms with E-state index in [1.165, 1.54) is 0 Å². The maximum atomic E-state index is 5.94. The van der Waals surface area contributed by atoms with Gasteiger partial charge < -0.3 is 29.6 Å². The molecule has 1 aromatic heterocycles. The van der Waals surface area contributed by atoms with Crippen LogP contribution in [0.3, 0.4) is 0 Å². The highest BCUT2D eigenvalue weighted by Gasteiger charge is 2.08. The Bertz CT molecular complexity index is 836. The molecule has 2 aromatic rings. The van der Waals surface area contributed by atoms with E-state index < -0.39 is 0 Å². The van der Waals surface area contributed by atoms with Crippen LogP contribution in [0.4, 0.5) is 0 Å². The van der Waals surface area contributed by atoms with Crippen molar-refractivity contribution >= 4 is 29.9 Å². The minimum atomic E-state index is 0. The first-order valence-corrected chi connectivity index (χ1v) is 11.1. The van der Waals surface area contributed by atoms with E-state index >= 15 is 0 Å². The van der Waals surface area contributed by atoms with Crippen molar-refractivity contribution in [1.29, 1.82) is 0 Å². The number of hydrogen-bond donors (Lipinski definition) is 2. The Morgan fingerprint density at radius 3 is 2.58 bits per heavy atom. The second-order valence-corrected chi connectivity index (χ2v) is 7.01. The zero-order valence-electron chi connectivity index (χ0n) is 20.1. The van der Waals surface area contributed by atoms with Crippen LogP contribution in [-0.4, -0.2) is 57.6 Å². The molecule has 0 amide bonds. The quantitative estimate of drug-likeness (QED) is 0.155. The summed E-state index contributed by atoms with van der Waals surface area (Å²) in [6.07, 6.45) is 1.71. The molecule has 0 saturated heterocycles. The molecule has 1 heterocycles. The Hall–Kier alpha value is -2.11. The van der Waals surface area contributed by atoms with Crippen molar-refractivity contribution in [3.8, 4) is 11.6 Å². The van der Waals surface area contributed by atoms with E-state index in [0.717, 1.165) is 29.0 Å². The predicted molar refractivity (Wildman–Crippen MR) is 142 cm³/mol. The van der Waals surface area contributed by atoms with E-state index in [2.05, 4.69) is 34.7 Å². The van der Waals surface area contributed by atoms with Gasteiger partial charge in [-0.2, -0.15) is 0 Å². The molecule has 0 aliphatic heterocycles. The van der Waals surface area contributed by atoms with Crippen LogP contribution in [0.25, 0.3) is 0 Å². The van der Waals surface area contributed by atoms with E-state index in [0.29, 0.717) is 58.0 Å². The highest BCUT2D eigenvalue weighted by Crippen LogP contribution is 2.20. The molecule has 0 atom stereocenters. The van der Waals surface area contributed by atoms with Gasteiger partial charge in [0.15, 0.2) is 5.96 Å². The molecule has 0 aliphatic carbocycles. The molecule has 0 fully saturated rings. The van der Waals surface area contributed by atoms with Crippen LogP contribution in [0.2, 0.25) is 0 Å². The molecule has 33 heavy (non-hydrogen) atoms. The van der Waals surface area contributed by atoms with Crippen LogP contribution in [0.5, 0.6) is 11.6 Å². The van der Waals surface area contributed by atoms with Gasteiger partial charge in [-0.1, -0.05) is 18.2 Å². The fraction of sp³-hybridized carbons (Fsp3) is 0.500.